The minimum absolute atomic E-state index is 0.0578. The summed E-state index contributed by atoms with van der Waals surface area (Å²) in [6.07, 6.45) is -1.94. The van der Waals surface area contributed by atoms with Crippen molar-refractivity contribution in [1.29, 1.82) is 0 Å². The van der Waals surface area contributed by atoms with Crippen LogP contribution >= 0.6 is 23.2 Å². The van der Waals surface area contributed by atoms with Gasteiger partial charge in [0.25, 0.3) is 0 Å². The zero-order valence-electron chi connectivity index (χ0n) is 16.4. The van der Waals surface area contributed by atoms with E-state index in [4.69, 9.17) is 32.7 Å². The van der Waals surface area contributed by atoms with Gasteiger partial charge >= 0.3 is 6.18 Å². The maximum absolute atomic E-state index is 13.2. The molecule has 0 spiro atoms. The molecule has 0 saturated carbocycles. The van der Waals surface area contributed by atoms with Crippen molar-refractivity contribution in [1.82, 2.24) is 0 Å². The number of nitrogens with one attached hydrogen (secondary N) is 1. The van der Waals surface area contributed by atoms with Crippen LogP contribution in [-0.2, 0) is 15.7 Å². The van der Waals surface area contributed by atoms with Gasteiger partial charge in [0.05, 0.1) is 42.3 Å². The molecular formula is C21H19Cl2F3N2O3. The molecule has 3 rings (SSSR count). The summed E-state index contributed by atoms with van der Waals surface area (Å²) in [7, 11) is 1.42. The molecule has 0 aromatic heterocycles. The summed E-state index contributed by atoms with van der Waals surface area (Å²) in [4.78, 5) is 14.4. The first-order valence-electron chi connectivity index (χ1n) is 9.25. The zero-order chi connectivity index (χ0) is 22.6. The second kappa shape index (κ2) is 9.80. The van der Waals surface area contributed by atoms with Gasteiger partial charge in [-0.15, -0.1) is 0 Å². The summed E-state index contributed by atoms with van der Waals surface area (Å²) in [5, 5.41) is 3.15. The normalized spacial score (nSPS) is 14.7. The number of ether oxygens (including phenoxy) is 2. The van der Waals surface area contributed by atoms with E-state index in [0.29, 0.717) is 48.3 Å². The first-order valence-corrected chi connectivity index (χ1v) is 10.0. The monoisotopic (exact) mass is 474 g/mol. The van der Waals surface area contributed by atoms with Crippen LogP contribution in [0.3, 0.4) is 0 Å². The van der Waals surface area contributed by atoms with E-state index >= 15 is 0 Å². The summed E-state index contributed by atoms with van der Waals surface area (Å²) >= 11 is 12.1. The van der Waals surface area contributed by atoms with Crippen LogP contribution in [0.2, 0.25) is 10.0 Å². The number of benzene rings is 2. The number of methoxy groups -OCH3 is 1. The molecule has 0 atom stereocenters. The number of anilines is 2. The molecule has 1 amide bonds. The van der Waals surface area contributed by atoms with Crippen LogP contribution in [0, 0.1) is 0 Å². The molecule has 10 heteroatoms. The number of hydrogen-bond donors (Lipinski definition) is 1. The molecule has 0 aliphatic carbocycles. The lowest BCUT2D eigenvalue weighted by Gasteiger charge is -2.30. The molecule has 2 aromatic carbocycles. The molecule has 166 valence electrons. The first-order chi connectivity index (χ1) is 14.7. The van der Waals surface area contributed by atoms with Gasteiger partial charge in [0.2, 0.25) is 5.91 Å². The Balaban J connectivity index is 1.88. The molecule has 1 aliphatic heterocycles. The maximum atomic E-state index is 13.2. The van der Waals surface area contributed by atoms with Crippen molar-refractivity contribution < 1.29 is 27.4 Å². The number of halogens is 5. The highest BCUT2D eigenvalue weighted by molar-refractivity contribution is 6.36. The SMILES string of the molecule is COc1c(Cl)cc(Cl)cc1/C=C/C(=O)Nc1cc(C(F)(F)F)ccc1N1CCOCC1. The number of carbonyl (C=O) groups excluding carboxylic acids is 1. The number of carbonyl (C=O) groups is 1. The topological polar surface area (TPSA) is 50.8 Å². The predicted molar refractivity (Wildman–Crippen MR) is 115 cm³/mol. The van der Waals surface area contributed by atoms with E-state index in [2.05, 4.69) is 5.32 Å². The third kappa shape index (κ3) is 5.84. The third-order valence-corrected chi connectivity index (χ3v) is 5.09. The Morgan fingerprint density at radius 2 is 1.90 bits per heavy atom. The van der Waals surface area contributed by atoms with Gasteiger partial charge in [0.1, 0.15) is 5.75 Å². The van der Waals surface area contributed by atoms with Crippen molar-refractivity contribution in [3.05, 3.63) is 57.6 Å². The molecule has 1 aliphatic rings. The largest absolute Gasteiger partial charge is 0.495 e. The standard InChI is InChI=1S/C21H19Cl2F3N2O3/c1-30-20-13(10-15(22)12-16(20)23)2-5-19(29)27-17-11-14(21(24,25)26)3-4-18(17)28-6-8-31-9-7-28/h2-5,10-12H,6-9H2,1H3,(H,27,29)/b5-2+. The van der Waals surface area contributed by atoms with E-state index in [9.17, 15) is 18.0 Å². The third-order valence-electron chi connectivity index (χ3n) is 4.59. The van der Waals surface area contributed by atoms with Gasteiger partial charge in [0, 0.05) is 29.8 Å². The van der Waals surface area contributed by atoms with E-state index in [-0.39, 0.29) is 10.7 Å². The van der Waals surface area contributed by atoms with Crippen molar-refractivity contribution in [2.45, 2.75) is 6.18 Å². The van der Waals surface area contributed by atoms with E-state index in [1.165, 1.54) is 31.4 Å². The first kappa shape index (κ1) is 23.2. The molecule has 5 nitrogen and oxygen atoms in total. The lowest BCUT2D eigenvalue weighted by molar-refractivity contribution is -0.137. The molecule has 2 aromatic rings. The molecule has 0 radical (unpaired) electrons. The van der Waals surface area contributed by atoms with Gasteiger partial charge in [-0.1, -0.05) is 23.2 Å². The van der Waals surface area contributed by atoms with Gasteiger partial charge in [-0.05, 0) is 36.4 Å². The fourth-order valence-corrected chi connectivity index (χ4v) is 3.74. The molecule has 1 saturated heterocycles. The highest BCUT2D eigenvalue weighted by Gasteiger charge is 2.31. The molecule has 0 bridgehead atoms. The fraction of sp³-hybridized carbons (Fsp3) is 0.286. The highest BCUT2D eigenvalue weighted by atomic mass is 35.5. The molecule has 1 N–H and O–H groups in total. The Morgan fingerprint density at radius 3 is 2.55 bits per heavy atom. The molecular weight excluding hydrogens is 456 g/mol. The van der Waals surface area contributed by atoms with Gasteiger partial charge in [-0.25, -0.2) is 0 Å². The second-order valence-electron chi connectivity index (χ2n) is 6.66. The van der Waals surface area contributed by atoms with Crippen molar-refractivity contribution in [2.75, 3.05) is 43.6 Å². The number of hydrogen-bond acceptors (Lipinski definition) is 4. The number of alkyl halides is 3. The van der Waals surface area contributed by atoms with E-state index in [0.717, 1.165) is 12.1 Å². The number of rotatable bonds is 5. The van der Waals surface area contributed by atoms with Crippen molar-refractivity contribution in [3.63, 3.8) is 0 Å². The Bertz CT molecular complexity index is 991. The van der Waals surface area contributed by atoms with Gasteiger partial charge in [-0.3, -0.25) is 4.79 Å². The number of morpholine rings is 1. The Hall–Kier alpha value is -2.42. The van der Waals surface area contributed by atoms with Crippen LogP contribution in [-0.4, -0.2) is 39.3 Å². The van der Waals surface area contributed by atoms with Crippen LogP contribution in [0.4, 0.5) is 24.5 Å². The van der Waals surface area contributed by atoms with Crippen molar-refractivity contribution >= 4 is 46.6 Å². The van der Waals surface area contributed by atoms with Crippen LogP contribution in [0.25, 0.3) is 6.08 Å². The quantitative estimate of drug-likeness (QED) is 0.580. The summed E-state index contributed by atoms with van der Waals surface area (Å²) in [6.45, 7) is 1.90. The molecule has 1 heterocycles. The van der Waals surface area contributed by atoms with Crippen molar-refractivity contribution in [2.24, 2.45) is 0 Å². The Labute approximate surface area is 187 Å². The minimum Gasteiger partial charge on any atom is -0.495 e. The lowest BCUT2D eigenvalue weighted by Crippen LogP contribution is -2.36. The molecule has 0 unspecified atom stereocenters. The van der Waals surface area contributed by atoms with Crippen LogP contribution in [0.15, 0.2) is 36.4 Å². The smallest absolute Gasteiger partial charge is 0.416 e. The Morgan fingerprint density at radius 1 is 1.19 bits per heavy atom. The lowest BCUT2D eigenvalue weighted by atomic mass is 10.1. The summed E-state index contributed by atoms with van der Waals surface area (Å²) in [5.41, 5.74) is 0.142. The highest BCUT2D eigenvalue weighted by Crippen LogP contribution is 2.36. The molecule has 1 fully saturated rings. The van der Waals surface area contributed by atoms with E-state index in [1.54, 1.807) is 6.07 Å². The van der Waals surface area contributed by atoms with Gasteiger partial charge in [0.15, 0.2) is 0 Å². The average Bonchev–Trinajstić information content (AvgIpc) is 2.72. The van der Waals surface area contributed by atoms with Gasteiger partial charge in [-0.2, -0.15) is 13.2 Å². The number of nitrogens with zero attached hydrogens (tertiary/aromatic N) is 1. The predicted octanol–water partition coefficient (Wildman–Crippen LogP) is 5.51. The maximum Gasteiger partial charge on any atom is 0.416 e. The average molecular weight is 475 g/mol. The van der Waals surface area contributed by atoms with E-state index < -0.39 is 17.6 Å². The van der Waals surface area contributed by atoms with E-state index in [1.807, 2.05) is 4.90 Å². The summed E-state index contributed by atoms with van der Waals surface area (Å²) in [5.74, 6) is -0.296. The van der Waals surface area contributed by atoms with Crippen LogP contribution in [0.1, 0.15) is 11.1 Å². The summed E-state index contributed by atoms with van der Waals surface area (Å²) < 4.78 is 50.1. The van der Waals surface area contributed by atoms with Gasteiger partial charge < -0.3 is 19.7 Å². The summed E-state index contributed by atoms with van der Waals surface area (Å²) in [6, 6.07) is 6.33. The van der Waals surface area contributed by atoms with Crippen LogP contribution < -0.4 is 15.0 Å². The molecule has 31 heavy (non-hydrogen) atoms. The van der Waals surface area contributed by atoms with Crippen molar-refractivity contribution in [3.8, 4) is 5.75 Å². The number of amides is 1. The fourth-order valence-electron chi connectivity index (χ4n) is 3.15. The minimum atomic E-state index is -4.54. The second-order valence-corrected chi connectivity index (χ2v) is 7.51. The Kier molecular flexibility index (Phi) is 7.35. The van der Waals surface area contributed by atoms with Crippen LogP contribution in [0.5, 0.6) is 5.75 Å². The zero-order valence-corrected chi connectivity index (χ0v) is 17.9.